The summed E-state index contributed by atoms with van der Waals surface area (Å²) in [5.41, 5.74) is 14.4. The fourth-order valence-corrected chi connectivity index (χ4v) is 16.9. The molecule has 3 aromatic carbocycles. The molecule has 0 saturated carbocycles. The summed E-state index contributed by atoms with van der Waals surface area (Å²) in [7, 11) is 5.27. The standard InChI is InChI=1S/C90H126N22O19S.CH4/c1-10-12-30-71-83(125)101-63(29-21-33-95-90(92)93)80(122)107-70(79(121)98-45-74(91)115)48-132-49-75(116)100-66(36-53-23-15-14-16-24-53)86(128)109(7)52(5)77(119)103-68(41-76(117)118)88(130)112-34-22-32-72(112)84(126)102-64(40-57-44-94-50-99-57)81(123)104-65(35-51(3)4)85(127)108(6)46-58(114)38-54(37-55-42-96-61-27-19-17-25-59(55)61)78(120)106-69(47-113)82(124)105-67(39-56-43-97-62-28-20-18-26-60(56)62)87(129)111(9)73(31-13-11-2)89(131)110(71)8;/h14-20,23-28,42-44,50-52,54,63-73,96-97,113H,10-13,21-22,29-41,45-49H2,1-9H3,(H2,91,115)(H,94,99)(H,98,121)(H,100,116)(H,101,125)(H,102,126)(H,103,119)(H,104,123)(H,105,124)(H,106,120)(H,107,122)(H,117,118)(H4,92,93,95);1H4/t52-,54+,63-,64-,65-,66-,67-,68-,69-,70-,71-,72-,73-;/m0./s1. The SMILES string of the molecule is C.CCCC[C@H]1C(=O)N(C)[C@@H](CCCC)C(=O)N[C@@H](CCCNC(=N)N)C(=O)N[C@H](C(=O)NCC(N)=O)CSCC(=O)N[C@@H](Cc2ccccc2)C(=O)N(C)[C@@H](C)C(=O)N[C@@H](CC(=O)O)C(=O)N2CCC[C@H]2C(=O)N[C@@H](Cc2cnc[nH]2)C(=O)N[C@@H](CC(C)C)C(=O)N(C)CC(=O)C[C@@H](Cc2c[nH]c3ccccc23)C(=O)N[C@@H](CO)C(=O)N[C@@H](Cc2c[nH]c3ccccc23)C(=O)N1C. The number of aliphatic hydroxyl groups excluding tert-OH is 1. The van der Waals surface area contributed by atoms with Crippen molar-refractivity contribution >= 4 is 140 Å². The number of carboxylic acid groups (broad SMARTS) is 1. The predicted octanol–water partition coefficient (Wildman–Crippen LogP) is 0.188. The number of nitrogens with one attached hydrogen (secondary N) is 14. The average Bonchev–Trinajstić information content (AvgIpc) is 1.76. The average molecular weight is 1870 g/mol. The number of rotatable bonds is 26. The first-order valence-electron chi connectivity index (χ1n) is 44.4. The molecule has 3 aromatic heterocycles. The van der Waals surface area contributed by atoms with Crippen LogP contribution in [0.5, 0.6) is 0 Å². The van der Waals surface area contributed by atoms with Crippen LogP contribution in [0.2, 0.25) is 0 Å². The molecule has 5 heterocycles. The molecule has 13 atom stereocenters. The number of H-pyrrole nitrogens is 3. The number of likely N-dealkylation sites (N-methyl/N-ethyl adjacent to an activating group) is 4. The van der Waals surface area contributed by atoms with E-state index in [-0.39, 0.29) is 97.1 Å². The number of hydrogen-bond donors (Lipinski definition) is 18. The summed E-state index contributed by atoms with van der Waals surface area (Å²) in [6.45, 7) is 6.00. The third-order valence-corrected chi connectivity index (χ3v) is 24.4. The van der Waals surface area contributed by atoms with Gasteiger partial charge >= 0.3 is 5.97 Å². The smallest absolute Gasteiger partial charge is 0.305 e. The van der Waals surface area contributed by atoms with Gasteiger partial charge in [0, 0.05) is 125 Å². The van der Waals surface area contributed by atoms with Crippen LogP contribution in [-0.2, 0) is 107 Å². The van der Waals surface area contributed by atoms with E-state index in [4.69, 9.17) is 16.9 Å². The first-order chi connectivity index (χ1) is 62.9. The van der Waals surface area contributed by atoms with Crippen LogP contribution in [-0.4, -0.2) is 306 Å². The lowest BCUT2D eigenvalue weighted by molar-refractivity contribution is -0.149. The summed E-state index contributed by atoms with van der Waals surface area (Å²) < 4.78 is 0. The normalized spacial score (nSPS) is 23.4. The molecule has 2 saturated heterocycles. The Morgan fingerprint density at radius 2 is 1.14 bits per heavy atom. The van der Waals surface area contributed by atoms with Crippen LogP contribution in [0.3, 0.4) is 0 Å². The number of thioether (sulfide) groups is 1. The Hall–Kier alpha value is -13.3. The number of para-hydroxylation sites is 2. The molecular formula is C91H130N22O19S. The molecule has 42 heteroatoms. The van der Waals surface area contributed by atoms with Crippen LogP contribution in [0.4, 0.5) is 0 Å². The first kappa shape index (κ1) is 107. The first-order valence-corrected chi connectivity index (χ1v) is 45.5. The number of aromatic nitrogens is 4. The van der Waals surface area contributed by atoms with Gasteiger partial charge in [-0.1, -0.05) is 128 Å². The van der Waals surface area contributed by atoms with Crippen LogP contribution in [0.25, 0.3) is 21.8 Å². The second-order valence-corrected chi connectivity index (χ2v) is 34.9. The van der Waals surface area contributed by atoms with E-state index in [2.05, 4.69) is 73.1 Å². The van der Waals surface area contributed by atoms with Crippen molar-refractivity contribution in [2.24, 2.45) is 23.3 Å². The molecule has 0 unspecified atom stereocenters. The van der Waals surface area contributed by atoms with E-state index in [0.717, 1.165) is 36.3 Å². The zero-order valence-electron chi connectivity index (χ0n) is 75.9. The highest BCUT2D eigenvalue weighted by Gasteiger charge is 2.44. The van der Waals surface area contributed by atoms with Crippen LogP contribution in [0.15, 0.2) is 104 Å². The number of aliphatic hydroxyl groups is 1. The summed E-state index contributed by atoms with van der Waals surface area (Å²) in [5, 5.41) is 57.0. The zero-order valence-corrected chi connectivity index (χ0v) is 76.8. The van der Waals surface area contributed by atoms with Gasteiger partial charge in [0.05, 0.1) is 38.2 Å². The lowest BCUT2D eigenvalue weighted by Crippen LogP contribution is -2.61. The van der Waals surface area contributed by atoms with Crippen molar-refractivity contribution in [2.75, 3.05) is 72.5 Å². The van der Waals surface area contributed by atoms with Gasteiger partial charge in [0.25, 0.3) is 0 Å². The number of unbranched alkanes of at least 4 members (excludes halogenated alkanes) is 2. The molecule has 2 aliphatic heterocycles. The summed E-state index contributed by atoms with van der Waals surface area (Å²) in [5.74, 6) is -18.7. The Kier molecular flexibility index (Phi) is 41.8. The van der Waals surface area contributed by atoms with E-state index in [1.165, 1.54) is 47.6 Å². The summed E-state index contributed by atoms with van der Waals surface area (Å²) >= 11 is 0.787. The summed E-state index contributed by atoms with van der Waals surface area (Å²) in [4.78, 5) is 267. The zero-order chi connectivity index (χ0) is 96.6. The van der Waals surface area contributed by atoms with Gasteiger partial charge in [-0.05, 0) is 93.0 Å². The van der Waals surface area contributed by atoms with Gasteiger partial charge in [0.2, 0.25) is 88.6 Å². The number of benzene rings is 3. The van der Waals surface area contributed by atoms with Crippen molar-refractivity contribution in [3.05, 3.63) is 126 Å². The maximum absolute atomic E-state index is 15.7. The number of fused-ring (bicyclic) bond motifs is 3. The largest absolute Gasteiger partial charge is 0.481 e. The van der Waals surface area contributed by atoms with Gasteiger partial charge < -0.3 is 114 Å². The Labute approximate surface area is 776 Å². The number of aliphatic carboxylic acids is 1. The lowest BCUT2D eigenvalue weighted by atomic mass is 9.92. The van der Waals surface area contributed by atoms with Crippen molar-refractivity contribution in [3.63, 3.8) is 0 Å². The molecule has 15 amide bonds. The van der Waals surface area contributed by atoms with Crippen molar-refractivity contribution in [2.45, 2.75) is 224 Å². The number of imidazole rings is 1. The number of hydrogen-bond acceptors (Lipinski definition) is 21. The number of guanidine groups is 1. The molecule has 0 aliphatic carbocycles. The molecule has 0 radical (unpaired) electrons. The van der Waals surface area contributed by atoms with Crippen LogP contribution in [0.1, 0.15) is 148 Å². The topological polar surface area (TPSA) is 603 Å². The lowest BCUT2D eigenvalue weighted by Gasteiger charge is -2.36. The van der Waals surface area contributed by atoms with Crippen molar-refractivity contribution in [3.8, 4) is 0 Å². The molecule has 724 valence electrons. The molecule has 133 heavy (non-hydrogen) atoms. The second kappa shape index (κ2) is 52.1. The van der Waals surface area contributed by atoms with E-state index in [0.29, 0.717) is 69.9 Å². The molecule has 0 bridgehead atoms. The summed E-state index contributed by atoms with van der Waals surface area (Å²) in [6, 6.07) is 4.36. The van der Waals surface area contributed by atoms with Crippen molar-refractivity contribution < 1.29 is 91.7 Å². The minimum atomic E-state index is -1.86. The number of carbonyl (C=O) groups is 17. The molecule has 8 rings (SSSR count). The van der Waals surface area contributed by atoms with Gasteiger partial charge in [0.1, 0.15) is 72.5 Å². The second-order valence-electron chi connectivity index (χ2n) is 33.9. The van der Waals surface area contributed by atoms with Crippen molar-refractivity contribution in [1.29, 1.82) is 5.41 Å². The van der Waals surface area contributed by atoms with E-state index in [1.54, 1.807) is 105 Å². The fourth-order valence-electron chi connectivity index (χ4n) is 16.0. The predicted molar refractivity (Wildman–Crippen MR) is 496 cm³/mol. The number of carbonyl (C=O) groups excluding carboxylic acids is 16. The number of amides is 15. The van der Waals surface area contributed by atoms with Gasteiger partial charge in [-0.25, -0.2) is 4.98 Å². The van der Waals surface area contributed by atoms with E-state index < -0.39 is 229 Å². The van der Waals surface area contributed by atoms with E-state index in [1.807, 2.05) is 13.8 Å². The monoisotopic (exact) mass is 1870 g/mol. The van der Waals surface area contributed by atoms with Gasteiger partial charge in [0.15, 0.2) is 11.7 Å². The molecule has 2 fully saturated rings. The number of aromatic amines is 3. The van der Waals surface area contributed by atoms with Crippen molar-refractivity contribution in [1.82, 2.24) is 97.6 Å². The Bertz CT molecular complexity index is 5050. The van der Waals surface area contributed by atoms with Crippen LogP contribution in [0, 0.1) is 17.2 Å². The molecule has 6 aromatic rings. The number of nitrogens with two attached hydrogens (primary N) is 2. The van der Waals surface area contributed by atoms with Gasteiger partial charge in [-0.15, -0.1) is 11.8 Å². The minimum absolute atomic E-state index is 0. The Morgan fingerprint density at radius 3 is 1.75 bits per heavy atom. The highest BCUT2D eigenvalue weighted by Crippen LogP contribution is 2.27. The van der Waals surface area contributed by atoms with E-state index in [9.17, 15) is 67.7 Å². The number of carboxylic acids is 1. The highest BCUT2D eigenvalue weighted by atomic mass is 32.2. The Morgan fingerprint density at radius 1 is 0.579 bits per heavy atom. The highest BCUT2D eigenvalue weighted by molar-refractivity contribution is 8.00. The molecule has 20 N–H and O–H groups in total. The maximum atomic E-state index is 15.7. The minimum Gasteiger partial charge on any atom is -0.481 e. The van der Waals surface area contributed by atoms with Gasteiger partial charge in [-0.3, -0.25) is 86.9 Å². The number of ketones is 1. The number of Topliss-reactive ketones (excluding diaryl/α,β-unsaturated/α-hetero) is 1. The molecule has 41 nitrogen and oxygen atoms in total. The van der Waals surface area contributed by atoms with Gasteiger partial charge in [-0.2, -0.15) is 0 Å². The molecular weight excluding hydrogens is 1740 g/mol. The maximum Gasteiger partial charge on any atom is 0.305 e. The quantitative estimate of drug-likeness (QED) is 0.0196. The van der Waals surface area contributed by atoms with Crippen LogP contribution >= 0.6 is 11.8 Å². The van der Waals surface area contributed by atoms with Crippen LogP contribution < -0.4 is 64.6 Å². The third kappa shape index (κ3) is 31.2. The molecule has 0 spiro atoms. The molecule has 2 aliphatic rings. The number of nitrogens with zero attached hydrogens (tertiary/aromatic N) is 6. The van der Waals surface area contributed by atoms with E-state index >= 15 is 24.0 Å². The summed E-state index contributed by atoms with van der Waals surface area (Å²) in [6.07, 6.45) is 5.31. The fraction of sp³-hybridized carbons (Fsp3) is 0.527. The number of primary amides is 1. The Balaban J connectivity index is 0.0000242. The third-order valence-electron chi connectivity index (χ3n) is 23.4.